The van der Waals surface area contributed by atoms with Crippen molar-refractivity contribution in [1.82, 2.24) is 29.7 Å². The number of carbonyl (C=O) groups is 3. The van der Waals surface area contributed by atoms with E-state index in [1.165, 1.54) is 8.47 Å². The number of carbonyl (C=O) groups excluding carboxylic acids is 3. The molecule has 10 saturated heterocycles. The van der Waals surface area contributed by atoms with Gasteiger partial charge < -0.3 is 98.9 Å². The molecule has 0 aliphatic carbocycles. The predicted molar refractivity (Wildman–Crippen MR) is 478 cm³/mol. The molecule has 3 aromatic heterocycles. The maximum absolute atomic E-state index is 16.1. The highest BCUT2D eigenvalue weighted by molar-refractivity contribution is 14.1. The molecule has 660 valence electrons. The topological polar surface area (TPSA) is 262 Å². The Morgan fingerprint density at radius 2 is 0.826 bits per heavy atom. The quantitative estimate of drug-likeness (QED) is 0.0317. The summed E-state index contributed by atoms with van der Waals surface area (Å²) in [7, 11) is -0.556. The highest BCUT2D eigenvalue weighted by Crippen LogP contribution is 2.43. The number of ether oxygens (including phenoxy) is 3. The zero-order chi connectivity index (χ0) is 85.8. The lowest BCUT2D eigenvalue weighted by molar-refractivity contribution is -0.143. The predicted octanol–water partition coefficient (Wildman–Crippen LogP) is 13.0. The van der Waals surface area contributed by atoms with Gasteiger partial charge in [0, 0.05) is 136 Å². The fourth-order valence-electron chi connectivity index (χ4n) is 16.7. The molecule has 0 bridgehead atoms. The number of aliphatic hydroxyl groups is 3. The van der Waals surface area contributed by atoms with Crippen LogP contribution in [0.15, 0.2) is 78.9 Å². The van der Waals surface area contributed by atoms with Gasteiger partial charge in [-0.1, -0.05) is 50.5 Å². The van der Waals surface area contributed by atoms with Crippen molar-refractivity contribution in [3.05, 3.63) is 111 Å². The lowest BCUT2D eigenvalue weighted by atomic mass is 9.76. The van der Waals surface area contributed by atoms with Crippen molar-refractivity contribution in [3.63, 3.8) is 0 Å². The Hall–Kier alpha value is -7.81. The monoisotopic (exact) mass is 1820 g/mol. The maximum Gasteiger partial charge on any atom is 0.495 e. The van der Waals surface area contributed by atoms with E-state index in [1.807, 2.05) is 141 Å². The second-order valence-corrected chi connectivity index (χ2v) is 35.7. The van der Waals surface area contributed by atoms with Crippen LogP contribution in [0.1, 0.15) is 118 Å². The van der Waals surface area contributed by atoms with E-state index in [9.17, 15) is 42.9 Å². The maximum atomic E-state index is 16.1. The van der Waals surface area contributed by atoms with Crippen molar-refractivity contribution in [3.8, 4) is 22.3 Å². The number of rotatable bonds is 15. The molecular formula is C87H120BF5IN15O11S. The molecule has 121 heavy (non-hydrogen) atoms. The van der Waals surface area contributed by atoms with Crippen LogP contribution in [0.25, 0.3) is 22.3 Å². The highest BCUT2D eigenvalue weighted by Gasteiger charge is 2.52. The van der Waals surface area contributed by atoms with Crippen molar-refractivity contribution in [2.45, 2.75) is 175 Å². The molecule has 3 aromatic carbocycles. The van der Waals surface area contributed by atoms with Crippen molar-refractivity contribution < 1.29 is 75.2 Å². The minimum Gasteiger partial charge on any atom is -0.399 e. The second kappa shape index (κ2) is 39.6. The van der Waals surface area contributed by atoms with E-state index in [-0.39, 0.29) is 68.0 Å². The Kier molecular flexibility index (Phi) is 30.2. The number of hydrogen-bond acceptors (Lipinski definition) is 20. The number of aromatic nitrogens is 3. The van der Waals surface area contributed by atoms with Gasteiger partial charge in [0.1, 0.15) is 23.3 Å². The highest BCUT2D eigenvalue weighted by atomic mass is 127. The Morgan fingerprint density at radius 3 is 1.19 bits per heavy atom. The van der Waals surface area contributed by atoms with Gasteiger partial charge in [0.25, 0.3) is 0 Å². The number of benzene rings is 3. The van der Waals surface area contributed by atoms with Crippen LogP contribution in [0.4, 0.5) is 88.3 Å². The first-order valence-electron chi connectivity index (χ1n) is 42.5. The normalized spacial score (nSPS) is 24.3. The summed E-state index contributed by atoms with van der Waals surface area (Å²) >= 11 is 2.33. The molecule has 10 aliphatic heterocycles. The van der Waals surface area contributed by atoms with Crippen LogP contribution in [-0.2, 0) is 23.5 Å². The third kappa shape index (κ3) is 21.8. The van der Waals surface area contributed by atoms with E-state index < -0.39 is 55.1 Å². The van der Waals surface area contributed by atoms with Gasteiger partial charge in [0.2, 0.25) is 0 Å². The summed E-state index contributed by atoms with van der Waals surface area (Å²) < 4.78 is 99.6. The van der Waals surface area contributed by atoms with E-state index in [4.69, 9.17) is 38.5 Å². The Bertz CT molecular complexity index is 4400. The van der Waals surface area contributed by atoms with Crippen LogP contribution in [0.3, 0.4) is 0 Å². The molecule has 10 aliphatic rings. The number of nitrogens with zero attached hydrogens (tertiary/aromatic N) is 12. The van der Waals surface area contributed by atoms with E-state index >= 15 is 8.78 Å². The lowest BCUT2D eigenvalue weighted by Crippen LogP contribution is -2.59. The summed E-state index contributed by atoms with van der Waals surface area (Å²) in [5.74, 6) is 3.65. The van der Waals surface area contributed by atoms with E-state index in [0.29, 0.717) is 160 Å². The molecular weight excluding hydrogens is 1700 g/mol. The number of β-amino-alcohol motifs (C(OH)–C–C–N with tert-alkyl or cyclic N) is 3. The molecule has 6 amide bonds. The Balaban J connectivity index is 0.000000151. The van der Waals surface area contributed by atoms with Gasteiger partial charge >= 0.3 is 31.4 Å². The number of anilines is 9. The summed E-state index contributed by atoms with van der Waals surface area (Å²) in [5, 5.41) is 38.6. The zero-order valence-electron chi connectivity index (χ0n) is 71.6. The van der Waals surface area contributed by atoms with E-state index in [1.54, 1.807) is 24.3 Å². The number of halogens is 6. The largest absolute Gasteiger partial charge is 0.495 e. The van der Waals surface area contributed by atoms with Crippen LogP contribution in [0.2, 0.25) is 0 Å². The number of nitrogens with one attached hydrogen (secondary N) is 3. The first-order chi connectivity index (χ1) is 57.1. The third-order valence-corrected chi connectivity index (χ3v) is 26.4. The average molecular weight is 1820 g/mol. The number of urea groups is 3. The van der Waals surface area contributed by atoms with Gasteiger partial charge in [0.05, 0.1) is 87.3 Å². The number of pyridine rings is 3. The summed E-state index contributed by atoms with van der Waals surface area (Å²) in [6.07, 6.45) is -1.58. The number of aliphatic hydroxyl groups excluding tert-OH is 3. The molecule has 0 saturated carbocycles. The number of aryl methyl sites for hydroxylation is 3. The SMILES string of the molecule is CC1C(O)CN1c1cc(I)cc(N2CCOCC2)n1.CC[C@@H]1CCN(C(=O)Nc2ccc(C)c(-c3cc(N4C[C@@H](O)[C@@H]4C)nc(N4CCOCC4)c3F)c2)C1.CC[C@@H]1CCN(C(=O)Nc2ccc(C)c(-c3cc(N4C[C@H](O)[C@@H]4C)nc(N4CCOCC4)c3F)c2)C1.Cc1ccc(NC(=O)N2CC[C@@H](CC(F)(F)F)C2)cc1B1OC(C)(C)C(C)(C)O1.S. The number of likely N-dealkylation sites (tertiary alicyclic amines) is 3. The van der Waals surface area contributed by atoms with Gasteiger partial charge in [-0.3, -0.25) is 0 Å². The lowest BCUT2D eigenvalue weighted by Gasteiger charge is -2.44. The molecule has 0 radical (unpaired) electrons. The van der Waals surface area contributed by atoms with Crippen LogP contribution < -0.4 is 50.8 Å². The molecule has 9 atom stereocenters. The number of alkyl halides is 3. The fourth-order valence-corrected chi connectivity index (χ4v) is 17.2. The summed E-state index contributed by atoms with van der Waals surface area (Å²) in [4.78, 5) is 69.8. The summed E-state index contributed by atoms with van der Waals surface area (Å²) in [5.41, 5.74) is 6.77. The van der Waals surface area contributed by atoms with Gasteiger partial charge in [-0.2, -0.15) is 26.7 Å². The van der Waals surface area contributed by atoms with Crippen LogP contribution >= 0.6 is 36.1 Å². The molecule has 13 heterocycles. The molecule has 26 nitrogen and oxygen atoms in total. The third-order valence-electron chi connectivity index (χ3n) is 25.7. The molecule has 6 N–H and O–H groups in total. The standard InChI is InChI=1S/2C27H36FN5O3.C20H28BF3N2O3.C13H18IN3O2.H2S/c2*1-4-19-7-8-32(15-19)27(35)29-20-6-5-17(2)21(13-20)22-14-24(33-16-23(34)18(33)3)30-26(25(22)28)31-9-11-36-12-10-31;1-13-6-7-15(10-16(13)21-28-18(2,3)19(4,5)29-21)25-17(27)26-9-8-14(12-26)11-20(22,23)24;1-9-11(18)8-17(9)13-7-10(14)6-12(15-13)16-2-4-19-5-3-16;/h2*5-6,13-14,18-19,23,34H,4,7-12,15-16H2,1-3H3,(H,29,35);6-7,10,14H,8-9,11-12H2,1-5H3,(H,25,27);6-7,9,11,18H,2-5,8H2,1H3;1H2/t18-,19+,23+;18-,19+,23-;14-;;/m000../s1. The molecule has 34 heteroatoms. The summed E-state index contributed by atoms with van der Waals surface area (Å²) in [6.45, 7) is 36.7. The minimum absolute atomic E-state index is 0. The first kappa shape index (κ1) is 92.4. The van der Waals surface area contributed by atoms with Crippen LogP contribution in [-0.4, -0.2) is 262 Å². The molecule has 0 spiro atoms. The van der Waals surface area contributed by atoms with Gasteiger partial charge in [-0.15, -0.1) is 0 Å². The number of hydrogen-bond donors (Lipinski definition) is 6. The molecule has 16 rings (SSSR count). The average Bonchev–Trinajstić information content (AvgIpc) is 1.75. The summed E-state index contributed by atoms with van der Waals surface area (Å²) in [6, 6.07) is 23.7. The Morgan fingerprint density at radius 1 is 0.479 bits per heavy atom. The van der Waals surface area contributed by atoms with Crippen molar-refractivity contribution in [2.75, 3.05) is 183 Å². The van der Waals surface area contributed by atoms with Crippen molar-refractivity contribution in [2.24, 2.45) is 17.8 Å². The number of morpholine rings is 3. The zero-order valence-corrected chi connectivity index (χ0v) is 74.8. The second-order valence-electron chi connectivity index (χ2n) is 34.5. The first-order valence-corrected chi connectivity index (χ1v) is 43.5. The molecule has 2 unspecified atom stereocenters. The smallest absolute Gasteiger partial charge is 0.399 e. The van der Waals surface area contributed by atoms with Gasteiger partial charge in [-0.05, 0) is 217 Å². The van der Waals surface area contributed by atoms with E-state index in [0.717, 1.165) is 112 Å². The van der Waals surface area contributed by atoms with E-state index in [2.05, 4.69) is 74.3 Å². The fraction of sp³-hybridized carbons (Fsp3) is 0.586. The molecule has 10 fully saturated rings. The van der Waals surface area contributed by atoms with Gasteiger partial charge in [-0.25, -0.2) is 38.1 Å². The number of amides is 6. The van der Waals surface area contributed by atoms with Crippen LogP contribution in [0.5, 0.6) is 0 Å². The van der Waals surface area contributed by atoms with Crippen LogP contribution in [0, 0.1) is 53.7 Å². The Labute approximate surface area is 728 Å². The van der Waals surface area contributed by atoms with Crippen molar-refractivity contribution >= 4 is 119 Å². The van der Waals surface area contributed by atoms with Crippen molar-refractivity contribution in [1.29, 1.82) is 0 Å². The van der Waals surface area contributed by atoms with Gasteiger partial charge in [0.15, 0.2) is 23.3 Å². The minimum atomic E-state index is -4.20. The molecule has 6 aromatic rings.